The Balaban J connectivity index is 1.61. The van der Waals surface area contributed by atoms with E-state index < -0.39 is 0 Å². The van der Waals surface area contributed by atoms with Crippen LogP contribution in [0.2, 0.25) is 0 Å². The van der Waals surface area contributed by atoms with Gasteiger partial charge in [-0.1, -0.05) is 30.8 Å². The first kappa shape index (κ1) is 26.2. The number of aryl methyl sites for hydroxylation is 1. The number of rotatable bonds is 7. The maximum absolute atomic E-state index is 12.1. The minimum atomic E-state index is -0.322. The van der Waals surface area contributed by atoms with Gasteiger partial charge >= 0.3 is 5.97 Å². The molecule has 200 valence electrons. The van der Waals surface area contributed by atoms with E-state index in [-0.39, 0.29) is 18.3 Å². The first-order valence-corrected chi connectivity index (χ1v) is 13.0. The van der Waals surface area contributed by atoms with Crippen LogP contribution in [0.1, 0.15) is 11.1 Å². The summed E-state index contributed by atoms with van der Waals surface area (Å²) in [7, 11) is 3.53. The predicted molar refractivity (Wildman–Crippen MR) is 156 cm³/mol. The molecule has 5 rings (SSSR count). The van der Waals surface area contributed by atoms with Crippen LogP contribution < -0.4 is 10.2 Å². The molecule has 2 aromatic carbocycles. The Morgan fingerprint density at radius 2 is 1.79 bits per heavy atom. The molecule has 0 unspecified atom stereocenters. The van der Waals surface area contributed by atoms with Crippen LogP contribution in [-0.4, -0.2) is 67.1 Å². The van der Waals surface area contributed by atoms with Crippen molar-refractivity contribution in [2.24, 2.45) is 0 Å². The Hall–Kier alpha value is -4.43. The fourth-order valence-electron chi connectivity index (χ4n) is 4.97. The van der Waals surface area contributed by atoms with E-state index in [0.29, 0.717) is 11.3 Å². The summed E-state index contributed by atoms with van der Waals surface area (Å²) < 4.78 is 4.87. The van der Waals surface area contributed by atoms with Crippen LogP contribution in [-0.2, 0) is 20.7 Å². The molecule has 1 aliphatic heterocycles. The van der Waals surface area contributed by atoms with Crippen molar-refractivity contribution in [2.75, 3.05) is 50.6 Å². The second kappa shape index (κ2) is 11.1. The van der Waals surface area contributed by atoms with Crippen LogP contribution in [0.3, 0.4) is 0 Å². The van der Waals surface area contributed by atoms with Crippen molar-refractivity contribution >= 4 is 34.3 Å². The van der Waals surface area contributed by atoms with Gasteiger partial charge in [-0.15, -0.1) is 0 Å². The predicted octanol–water partition coefficient (Wildman–Crippen LogP) is 4.80. The summed E-state index contributed by atoms with van der Waals surface area (Å²) in [5, 5.41) is 3.80. The zero-order valence-electron chi connectivity index (χ0n) is 22.6. The number of pyridine rings is 1. The van der Waals surface area contributed by atoms with E-state index in [4.69, 9.17) is 4.74 Å². The van der Waals surface area contributed by atoms with Crippen molar-refractivity contribution in [3.05, 3.63) is 78.5 Å². The number of carbonyl (C=O) groups is 2. The first-order valence-electron chi connectivity index (χ1n) is 13.0. The maximum Gasteiger partial charge on any atom is 0.310 e. The summed E-state index contributed by atoms with van der Waals surface area (Å²) in [5.74, 6) is -0.589. The van der Waals surface area contributed by atoms with Gasteiger partial charge in [-0.3, -0.25) is 9.59 Å². The molecule has 0 spiro atoms. The fraction of sp³-hybridized carbons (Fsp3) is 0.258. The molecule has 8 nitrogen and oxygen atoms in total. The Labute approximate surface area is 228 Å². The number of esters is 1. The molecule has 0 aliphatic carbocycles. The Morgan fingerprint density at radius 1 is 1.08 bits per heavy atom. The molecule has 1 aliphatic rings. The van der Waals surface area contributed by atoms with Crippen LogP contribution in [0.5, 0.6) is 0 Å². The number of benzene rings is 2. The second-order valence-electron chi connectivity index (χ2n) is 9.93. The largest absolute Gasteiger partial charge is 0.469 e. The Morgan fingerprint density at radius 3 is 2.49 bits per heavy atom. The van der Waals surface area contributed by atoms with Gasteiger partial charge in [0.1, 0.15) is 5.65 Å². The molecule has 0 bridgehead atoms. The lowest BCUT2D eigenvalue weighted by Gasteiger charge is -2.34. The molecular formula is C31H33N5O3. The van der Waals surface area contributed by atoms with Crippen molar-refractivity contribution in [3.8, 4) is 22.4 Å². The Kier molecular flexibility index (Phi) is 7.47. The number of amides is 1. The van der Waals surface area contributed by atoms with Gasteiger partial charge in [-0.25, -0.2) is 4.98 Å². The fourth-order valence-corrected chi connectivity index (χ4v) is 4.97. The summed E-state index contributed by atoms with van der Waals surface area (Å²) in [6, 6.07) is 16.6. The number of hydrogen-bond donors (Lipinski definition) is 2. The number of H-pyrrole nitrogens is 1. The molecule has 39 heavy (non-hydrogen) atoms. The molecule has 1 amide bonds. The molecular weight excluding hydrogens is 490 g/mol. The average Bonchev–Trinajstić information content (AvgIpc) is 3.33. The summed E-state index contributed by atoms with van der Waals surface area (Å²) in [6.45, 7) is 9.62. The van der Waals surface area contributed by atoms with E-state index in [2.05, 4.69) is 63.0 Å². The molecule has 3 heterocycles. The number of nitrogens with one attached hydrogen (secondary N) is 2. The van der Waals surface area contributed by atoms with Crippen molar-refractivity contribution in [2.45, 2.75) is 13.3 Å². The summed E-state index contributed by atoms with van der Waals surface area (Å²) in [4.78, 5) is 37.0. The maximum atomic E-state index is 12.1. The number of ether oxygens (including phenoxy) is 1. The first-order chi connectivity index (χ1) is 18.9. The third-order valence-corrected chi connectivity index (χ3v) is 7.28. The molecule has 8 heteroatoms. The minimum absolute atomic E-state index is 0.133. The van der Waals surface area contributed by atoms with Crippen LogP contribution in [0.15, 0.2) is 67.4 Å². The zero-order chi connectivity index (χ0) is 27.5. The van der Waals surface area contributed by atoms with Crippen molar-refractivity contribution in [1.82, 2.24) is 14.9 Å². The number of carbonyl (C=O) groups excluding carboxylic acids is 2. The van der Waals surface area contributed by atoms with Crippen molar-refractivity contribution < 1.29 is 14.3 Å². The van der Waals surface area contributed by atoms with E-state index in [1.54, 1.807) is 6.20 Å². The van der Waals surface area contributed by atoms with Crippen LogP contribution in [0.25, 0.3) is 33.4 Å². The van der Waals surface area contributed by atoms with E-state index in [9.17, 15) is 9.59 Å². The lowest BCUT2D eigenvalue weighted by atomic mass is 9.96. The van der Waals surface area contributed by atoms with Gasteiger partial charge in [0.15, 0.2) is 0 Å². The Bertz CT molecular complexity index is 1530. The third kappa shape index (κ3) is 5.56. The van der Waals surface area contributed by atoms with Gasteiger partial charge in [0, 0.05) is 54.7 Å². The molecule has 2 N–H and O–H groups in total. The lowest BCUT2D eigenvalue weighted by Crippen LogP contribution is -2.44. The van der Waals surface area contributed by atoms with Crippen LogP contribution in [0, 0.1) is 6.92 Å². The highest BCUT2D eigenvalue weighted by molar-refractivity contribution is 6.04. The smallest absolute Gasteiger partial charge is 0.310 e. The molecule has 1 saturated heterocycles. The van der Waals surface area contributed by atoms with Crippen molar-refractivity contribution in [1.29, 1.82) is 0 Å². The van der Waals surface area contributed by atoms with Gasteiger partial charge in [0.05, 0.1) is 19.2 Å². The zero-order valence-corrected chi connectivity index (χ0v) is 22.6. The number of hydrogen-bond acceptors (Lipinski definition) is 6. The topological polar surface area (TPSA) is 90.6 Å². The highest BCUT2D eigenvalue weighted by Gasteiger charge is 2.20. The van der Waals surface area contributed by atoms with E-state index >= 15 is 0 Å². The van der Waals surface area contributed by atoms with E-state index in [1.165, 1.54) is 18.9 Å². The number of likely N-dealkylation sites (N-methyl/N-ethyl adjacent to an activating group) is 1. The number of aromatic amines is 1. The summed E-state index contributed by atoms with van der Waals surface area (Å²) in [5.41, 5.74) is 8.14. The molecule has 0 atom stereocenters. The van der Waals surface area contributed by atoms with E-state index in [1.807, 2.05) is 31.2 Å². The normalized spacial score (nSPS) is 13.9. The minimum Gasteiger partial charge on any atom is -0.469 e. The van der Waals surface area contributed by atoms with Gasteiger partial charge in [0.25, 0.3) is 0 Å². The number of piperazine rings is 1. The van der Waals surface area contributed by atoms with Gasteiger partial charge in [-0.05, 0) is 66.6 Å². The van der Waals surface area contributed by atoms with E-state index in [0.717, 1.165) is 65.1 Å². The number of fused-ring (bicyclic) bond motifs is 1. The molecule has 0 saturated carbocycles. The summed E-state index contributed by atoms with van der Waals surface area (Å²) >= 11 is 0. The standard InChI is InChI=1S/C31H33N5O3/c1-5-27(37)33-26-18-23(7-6-20(26)2)29-25-16-21(17-28(38)39-4)19-32-31(25)34-30(29)22-8-10-24(11-9-22)36-14-12-35(3)13-15-36/h5-11,16,18-19H,1,12-15,17H2,2-4H3,(H,32,34)(H,33,37). The van der Waals surface area contributed by atoms with Crippen LogP contribution >= 0.6 is 0 Å². The second-order valence-corrected chi connectivity index (χ2v) is 9.93. The van der Waals surface area contributed by atoms with Gasteiger partial charge in [0.2, 0.25) is 5.91 Å². The van der Waals surface area contributed by atoms with Gasteiger partial charge < -0.3 is 24.8 Å². The highest BCUT2D eigenvalue weighted by Crippen LogP contribution is 2.40. The summed E-state index contributed by atoms with van der Waals surface area (Å²) in [6.07, 6.45) is 3.09. The number of nitrogens with zero attached hydrogens (tertiary/aromatic N) is 3. The average molecular weight is 524 g/mol. The molecule has 1 fully saturated rings. The van der Waals surface area contributed by atoms with Gasteiger partial charge in [-0.2, -0.15) is 0 Å². The third-order valence-electron chi connectivity index (χ3n) is 7.28. The molecule has 4 aromatic rings. The quantitative estimate of drug-likeness (QED) is 0.267. The molecule has 0 radical (unpaired) electrons. The SMILES string of the molecule is C=CC(=O)Nc1cc(-c2c(-c3ccc(N4CCN(C)CC4)cc3)[nH]c3ncc(CC(=O)OC)cc23)ccc1C. The van der Waals surface area contributed by atoms with Crippen LogP contribution in [0.4, 0.5) is 11.4 Å². The number of aromatic nitrogens is 2. The monoisotopic (exact) mass is 523 g/mol. The number of anilines is 2. The lowest BCUT2D eigenvalue weighted by molar-refractivity contribution is -0.139. The van der Waals surface area contributed by atoms with Crippen molar-refractivity contribution in [3.63, 3.8) is 0 Å². The highest BCUT2D eigenvalue weighted by atomic mass is 16.5. The number of methoxy groups -OCH3 is 1. The molecule has 2 aromatic heterocycles.